The SMILES string of the molecule is CCN(CCN1CCCC1)C(=O)CCCn1nnnc1CN1CCOCC1. The van der Waals surface area contributed by atoms with Crippen LogP contribution in [0.3, 0.4) is 0 Å². The molecule has 0 radical (unpaired) electrons. The van der Waals surface area contributed by atoms with Crippen LogP contribution in [0.15, 0.2) is 0 Å². The molecular weight excluding hydrogens is 346 g/mol. The van der Waals surface area contributed by atoms with Crippen LogP contribution in [-0.4, -0.2) is 99.8 Å². The van der Waals surface area contributed by atoms with E-state index in [0.717, 1.165) is 64.7 Å². The van der Waals surface area contributed by atoms with Crippen LogP contribution in [0, 0.1) is 0 Å². The summed E-state index contributed by atoms with van der Waals surface area (Å²) in [7, 11) is 0. The molecule has 0 spiro atoms. The van der Waals surface area contributed by atoms with Gasteiger partial charge in [0, 0.05) is 45.7 Å². The minimum atomic E-state index is 0.236. The van der Waals surface area contributed by atoms with E-state index in [1.165, 1.54) is 25.9 Å². The van der Waals surface area contributed by atoms with Gasteiger partial charge in [0.15, 0.2) is 5.82 Å². The number of hydrogen-bond acceptors (Lipinski definition) is 7. The molecule has 2 aliphatic rings. The maximum absolute atomic E-state index is 12.5. The van der Waals surface area contributed by atoms with Gasteiger partial charge in [0.1, 0.15) is 0 Å². The maximum atomic E-state index is 12.5. The molecular formula is C18H33N7O2. The Morgan fingerprint density at radius 2 is 1.89 bits per heavy atom. The van der Waals surface area contributed by atoms with Gasteiger partial charge in [0.25, 0.3) is 0 Å². The van der Waals surface area contributed by atoms with Crippen molar-refractivity contribution in [1.29, 1.82) is 0 Å². The highest BCUT2D eigenvalue weighted by molar-refractivity contribution is 5.76. The summed E-state index contributed by atoms with van der Waals surface area (Å²) in [5.41, 5.74) is 0. The van der Waals surface area contributed by atoms with Gasteiger partial charge in [-0.2, -0.15) is 0 Å². The van der Waals surface area contributed by atoms with E-state index < -0.39 is 0 Å². The van der Waals surface area contributed by atoms with Crippen LogP contribution >= 0.6 is 0 Å². The highest BCUT2D eigenvalue weighted by Gasteiger charge is 2.17. The molecule has 9 nitrogen and oxygen atoms in total. The smallest absolute Gasteiger partial charge is 0.222 e. The lowest BCUT2D eigenvalue weighted by Gasteiger charge is -2.25. The van der Waals surface area contributed by atoms with E-state index in [0.29, 0.717) is 13.0 Å². The number of carbonyl (C=O) groups is 1. The number of carbonyl (C=O) groups excluding carboxylic acids is 1. The quantitative estimate of drug-likeness (QED) is 0.576. The van der Waals surface area contributed by atoms with Gasteiger partial charge in [-0.15, -0.1) is 5.10 Å². The third kappa shape index (κ3) is 6.22. The van der Waals surface area contributed by atoms with Crippen molar-refractivity contribution in [2.45, 2.75) is 45.7 Å². The Morgan fingerprint density at radius 1 is 1.11 bits per heavy atom. The summed E-state index contributed by atoms with van der Waals surface area (Å²) in [5.74, 6) is 1.10. The van der Waals surface area contributed by atoms with Gasteiger partial charge in [-0.1, -0.05) is 0 Å². The molecule has 2 saturated heterocycles. The van der Waals surface area contributed by atoms with Crippen LogP contribution in [0.4, 0.5) is 0 Å². The molecule has 1 aromatic rings. The van der Waals surface area contributed by atoms with Crippen LogP contribution in [0.5, 0.6) is 0 Å². The standard InChI is InChI=1S/C18H33N7O2/c1-2-24(11-10-22-7-3-4-8-22)18(26)6-5-9-25-17(19-20-21-25)16-23-12-14-27-15-13-23/h2-16H2,1H3. The van der Waals surface area contributed by atoms with Crippen LogP contribution in [0.1, 0.15) is 38.4 Å². The first-order valence-electron chi connectivity index (χ1n) is 10.3. The van der Waals surface area contributed by atoms with E-state index in [1.54, 1.807) is 0 Å². The minimum Gasteiger partial charge on any atom is -0.379 e. The molecule has 0 unspecified atom stereocenters. The molecule has 0 N–H and O–H groups in total. The number of amides is 1. The molecule has 0 saturated carbocycles. The summed E-state index contributed by atoms with van der Waals surface area (Å²) in [6.07, 6.45) is 3.89. The predicted molar refractivity (Wildman–Crippen MR) is 101 cm³/mol. The molecule has 1 amide bonds. The van der Waals surface area contributed by atoms with E-state index in [9.17, 15) is 4.79 Å². The van der Waals surface area contributed by atoms with Crippen molar-refractivity contribution in [2.24, 2.45) is 0 Å². The second-order valence-corrected chi connectivity index (χ2v) is 7.33. The van der Waals surface area contributed by atoms with E-state index in [-0.39, 0.29) is 5.91 Å². The average molecular weight is 380 g/mol. The summed E-state index contributed by atoms with van der Waals surface area (Å²) in [5, 5.41) is 12.1. The van der Waals surface area contributed by atoms with Crippen molar-refractivity contribution in [3.8, 4) is 0 Å². The number of likely N-dealkylation sites (N-methyl/N-ethyl adjacent to an activating group) is 1. The van der Waals surface area contributed by atoms with Crippen LogP contribution in [0.2, 0.25) is 0 Å². The van der Waals surface area contributed by atoms with Crippen LogP contribution < -0.4 is 0 Å². The summed E-state index contributed by atoms with van der Waals surface area (Å²) in [6.45, 7) is 11.8. The van der Waals surface area contributed by atoms with Gasteiger partial charge in [-0.05, 0) is 49.7 Å². The normalized spacial score (nSPS) is 18.9. The Bertz CT molecular complexity index is 568. The van der Waals surface area contributed by atoms with Crippen LogP contribution in [0.25, 0.3) is 0 Å². The Kier molecular flexibility index (Phi) is 7.97. The number of ether oxygens (including phenoxy) is 1. The highest BCUT2D eigenvalue weighted by atomic mass is 16.5. The summed E-state index contributed by atoms with van der Waals surface area (Å²) >= 11 is 0. The van der Waals surface area contributed by atoms with Gasteiger partial charge < -0.3 is 14.5 Å². The zero-order valence-electron chi connectivity index (χ0n) is 16.6. The second-order valence-electron chi connectivity index (χ2n) is 7.33. The predicted octanol–water partition coefficient (Wildman–Crippen LogP) is 0.230. The molecule has 0 aliphatic carbocycles. The Morgan fingerprint density at radius 3 is 2.63 bits per heavy atom. The minimum absolute atomic E-state index is 0.236. The average Bonchev–Trinajstić information content (AvgIpc) is 3.35. The Labute approximate surface area is 161 Å². The lowest BCUT2D eigenvalue weighted by Crippen LogP contribution is -2.37. The number of nitrogens with zero attached hydrogens (tertiary/aromatic N) is 7. The number of rotatable bonds is 10. The van der Waals surface area contributed by atoms with E-state index in [2.05, 4.69) is 32.2 Å². The topological polar surface area (TPSA) is 79.6 Å². The number of likely N-dealkylation sites (tertiary alicyclic amines) is 1. The van der Waals surface area contributed by atoms with Crippen LogP contribution in [-0.2, 0) is 22.6 Å². The molecule has 3 rings (SSSR count). The highest BCUT2D eigenvalue weighted by Crippen LogP contribution is 2.08. The first kappa shape index (κ1) is 20.2. The summed E-state index contributed by atoms with van der Waals surface area (Å²) < 4.78 is 7.22. The number of aryl methyl sites for hydroxylation is 1. The molecule has 152 valence electrons. The van der Waals surface area contributed by atoms with Crippen molar-refractivity contribution >= 4 is 5.91 Å². The number of aromatic nitrogens is 4. The van der Waals surface area contributed by atoms with Crippen molar-refractivity contribution in [1.82, 2.24) is 34.9 Å². The number of hydrogen-bond donors (Lipinski definition) is 0. The molecule has 0 atom stereocenters. The molecule has 2 fully saturated rings. The lowest BCUT2D eigenvalue weighted by molar-refractivity contribution is -0.131. The van der Waals surface area contributed by atoms with Gasteiger partial charge in [-0.3, -0.25) is 9.69 Å². The fourth-order valence-corrected chi connectivity index (χ4v) is 3.74. The zero-order chi connectivity index (χ0) is 18.9. The second kappa shape index (κ2) is 10.7. The fourth-order valence-electron chi connectivity index (χ4n) is 3.74. The van der Waals surface area contributed by atoms with E-state index in [4.69, 9.17) is 4.74 Å². The molecule has 27 heavy (non-hydrogen) atoms. The largest absolute Gasteiger partial charge is 0.379 e. The van der Waals surface area contributed by atoms with Crippen molar-refractivity contribution < 1.29 is 9.53 Å². The van der Waals surface area contributed by atoms with Gasteiger partial charge in [0.05, 0.1) is 19.8 Å². The third-order valence-electron chi connectivity index (χ3n) is 5.45. The third-order valence-corrected chi connectivity index (χ3v) is 5.45. The number of morpholine rings is 1. The van der Waals surface area contributed by atoms with E-state index in [1.807, 2.05) is 9.58 Å². The molecule has 3 heterocycles. The summed E-state index contributed by atoms with van der Waals surface area (Å²) in [6, 6.07) is 0. The first-order valence-corrected chi connectivity index (χ1v) is 10.3. The molecule has 0 aromatic carbocycles. The lowest BCUT2D eigenvalue weighted by atomic mass is 10.2. The summed E-state index contributed by atoms with van der Waals surface area (Å²) in [4.78, 5) is 19.3. The molecule has 9 heteroatoms. The molecule has 2 aliphatic heterocycles. The van der Waals surface area contributed by atoms with Gasteiger partial charge >= 0.3 is 0 Å². The van der Waals surface area contributed by atoms with Crippen molar-refractivity contribution in [2.75, 3.05) is 59.0 Å². The monoisotopic (exact) mass is 379 g/mol. The molecule has 0 bridgehead atoms. The van der Waals surface area contributed by atoms with Gasteiger partial charge in [0.2, 0.25) is 5.91 Å². The van der Waals surface area contributed by atoms with E-state index >= 15 is 0 Å². The fraction of sp³-hybridized carbons (Fsp3) is 0.889. The first-order chi connectivity index (χ1) is 13.3. The Balaban J connectivity index is 1.39. The zero-order valence-corrected chi connectivity index (χ0v) is 16.6. The maximum Gasteiger partial charge on any atom is 0.222 e. The number of tetrazole rings is 1. The molecule has 1 aromatic heterocycles. The Hall–Kier alpha value is -1.58. The van der Waals surface area contributed by atoms with Crippen molar-refractivity contribution in [3.05, 3.63) is 5.82 Å². The van der Waals surface area contributed by atoms with Gasteiger partial charge in [-0.25, -0.2) is 4.68 Å². The van der Waals surface area contributed by atoms with Crippen molar-refractivity contribution in [3.63, 3.8) is 0 Å².